The molecule has 110 valence electrons. The molecule has 0 aliphatic carbocycles. The van der Waals surface area contributed by atoms with Gasteiger partial charge in [0.25, 0.3) is 0 Å². The molecular weight excluding hydrogens is 292 g/mol. The van der Waals surface area contributed by atoms with E-state index in [1.54, 1.807) is 0 Å². The molecule has 2 nitrogen and oxygen atoms in total. The van der Waals surface area contributed by atoms with Gasteiger partial charge in [-0.05, 0) is 24.6 Å². The number of benzene rings is 2. The fraction of sp³-hybridized carbons (Fsp3) is 0.188. The number of carbonyl (C=O) groups excluding carboxylic acids is 1. The Morgan fingerprint density at radius 1 is 1.10 bits per heavy atom. The Hall–Kier alpha value is -1.88. The van der Waals surface area contributed by atoms with Gasteiger partial charge in [0.05, 0.1) is 5.75 Å². The van der Waals surface area contributed by atoms with Crippen molar-refractivity contribution < 1.29 is 13.6 Å². The predicted octanol–water partition coefficient (Wildman–Crippen LogP) is 4.15. The van der Waals surface area contributed by atoms with Crippen molar-refractivity contribution in [2.75, 3.05) is 11.1 Å². The van der Waals surface area contributed by atoms with Crippen LogP contribution in [0.4, 0.5) is 14.5 Å². The maximum absolute atomic E-state index is 13.0. The molecule has 0 spiro atoms. The summed E-state index contributed by atoms with van der Waals surface area (Å²) in [4.78, 5) is 11.7. The molecule has 0 aromatic heterocycles. The Balaban J connectivity index is 1.79. The smallest absolute Gasteiger partial charge is 0.234 e. The van der Waals surface area contributed by atoms with Crippen LogP contribution in [0.1, 0.15) is 11.1 Å². The lowest BCUT2D eigenvalue weighted by Crippen LogP contribution is -2.14. The zero-order valence-electron chi connectivity index (χ0n) is 11.5. The van der Waals surface area contributed by atoms with E-state index in [2.05, 4.69) is 5.32 Å². The Morgan fingerprint density at radius 3 is 2.48 bits per heavy atom. The van der Waals surface area contributed by atoms with E-state index >= 15 is 0 Å². The van der Waals surface area contributed by atoms with Crippen LogP contribution in [0.25, 0.3) is 0 Å². The molecule has 0 heterocycles. The van der Waals surface area contributed by atoms with E-state index in [1.807, 2.05) is 31.2 Å². The number of carbonyl (C=O) groups is 1. The molecule has 0 bridgehead atoms. The third-order valence-corrected chi connectivity index (χ3v) is 3.83. The van der Waals surface area contributed by atoms with E-state index in [9.17, 15) is 13.6 Å². The molecular formula is C16H15F2NOS. The Bertz CT molecular complexity index is 629. The normalized spacial score (nSPS) is 10.4. The highest BCUT2D eigenvalue weighted by molar-refractivity contribution is 7.99. The van der Waals surface area contributed by atoms with Crippen molar-refractivity contribution in [3.8, 4) is 0 Å². The highest BCUT2D eigenvalue weighted by Crippen LogP contribution is 2.15. The van der Waals surface area contributed by atoms with Gasteiger partial charge in [-0.2, -0.15) is 0 Å². The number of rotatable bonds is 5. The lowest BCUT2D eigenvalue weighted by molar-refractivity contribution is -0.113. The highest BCUT2D eigenvalue weighted by atomic mass is 32.2. The molecule has 0 unspecified atom stereocenters. The molecule has 2 aromatic rings. The quantitative estimate of drug-likeness (QED) is 0.899. The minimum absolute atomic E-state index is 0.238. The van der Waals surface area contributed by atoms with Crippen molar-refractivity contribution >= 4 is 23.4 Å². The zero-order chi connectivity index (χ0) is 15.2. The van der Waals surface area contributed by atoms with E-state index in [0.717, 1.165) is 23.4 Å². The van der Waals surface area contributed by atoms with Gasteiger partial charge in [0.15, 0.2) is 11.6 Å². The van der Waals surface area contributed by atoms with Crippen LogP contribution in [0, 0.1) is 18.6 Å². The van der Waals surface area contributed by atoms with Gasteiger partial charge in [0, 0.05) is 17.5 Å². The molecule has 5 heteroatoms. The summed E-state index contributed by atoms with van der Waals surface area (Å²) in [7, 11) is 0. The number of amides is 1. The minimum Gasteiger partial charge on any atom is -0.325 e. The average molecular weight is 307 g/mol. The molecule has 1 amide bonds. The summed E-state index contributed by atoms with van der Waals surface area (Å²) >= 11 is 1.47. The lowest BCUT2D eigenvalue weighted by atomic mass is 10.2. The summed E-state index contributed by atoms with van der Waals surface area (Å²) in [5.74, 6) is -1.15. The van der Waals surface area contributed by atoms with Crippen LogP contribution in [0.15, 0.2) is 42.5 Å². The molecule has 0 radical (unpaired) electrons. The Morgan fingerprint density at radius 2 is 1.81 bits per heavy atom. The van der Waals surface area contributed by atoms with E-state index in [4.69, 9.17) is 0 Å². The molecule has 0 aliphatic heterocycles. The average Bonchev–Trinajstić information content (AvgIpc) is 2.45. The van der Waals surface area contributed by atoms with Gasteiger partial charge >= 0.3 is 0 Å². The molecule has 2 rings (SSSR count). The summed E-state index contributed by atoms with van der Waals surface area (Å²) in [6, 6.07) is 11.4. The second-order valence-electron chi connectivity index (χ2n) is 4.66. The van der Waals surface area contributed by atoms with Crippen LogP contribution in [-0.4, -0.2) is 11.7 Å². The number of thioether (sulfide) groups is 1. The monoisotopic (exact) mass is 307 g/mol. The third-order valence-electron chi connectivity index (χ3n) is 2.83. The van der Waals surface area contributed by atoms with Crippen LogP contribution in [0.3, 0.4) is 0 Å². The first-order valence-electron chi connectivity index (χ1n) is 6.43. The number of aryl methyl sites for hydroxylation is 1. The fourth-order valence-electron chi connectivity index (χ4n) is 1.72. The number of anilines is 1. The molecule has 0 fully saturated rings. The number of nitrogens with one attached hydrogen (secondary N) is 1. The zero-order valence-corrected chi connectivity index (χ0v) is 12.3. The second-order valence-corrected chi connectivity index (χ2v) is 5.64. The molecule has 1 N–H and O–H groups in total. The molecule has 0 saturated carbocycles. The fourth-order valence-corrected chi connectivity index (χ4v) is 2.50. The Kier molecular flexibility index (Phi) is 5.33. The number of hydrogen-bond donors (Lipinski definition) is 1. The van der Waals surface area contributed by atoms with Crippen LogP contribution in [0.2, 0.25) is 0 Å². The van der Waals surface area contributed by atoms with Gasteiger partial charge in [-0.1, -0.05) is 29.8 Å². The summed E-state index contributed by atoms with van der Waals surface area (Å²) in [5.41, 5.74) is 2.60. The van der Waals surface area contributed by atoms with Crippen molar-refractivity contribution in [2.45, 2.75) is 12.7 Å². The van der Waals surface area contributed by atoms with Gasteiger partial charge < -0.3 is 5.32 Å². The van der Waals surface area contributed by atoms with Crippen LogP contribution < -0.4 is 5.32 Å². The van der Waals surface area contributed by atoms with Gasteiger partial charge in [0.1, 0.15) is 0 Å². The maximum atomic E-state index is 13.0. The van der Waals surface area contributed by atoms with E-state index < -0.39 is 11.6 Å². The molecule has 2 aromatic carbocycles. The topological polar surface area (TPSA) is 29.1 Å². The van der Waals surface area contributed by atoms with Gasteiger partial charge in [-0.25, -0.2) is 8.78 Å². The molecule has 0 atom stereocenters. The largest absolute Gasteiger partial charge is 0.325 e. The van der Waals surface area contributed by atoms with Crippen molar-refractivity contribution in [1.29, 1.82) is 0 Å². The highest BCUT2D eigenvalue weighted by Gasteiger charge is 2.06. The van der Waals surface area contributed by atoms with Gasteiger partial charge in [-0.15, -0.1) is 11.8 Å². The summed E-state index contributed by atoms with van der Waals surface area (Å²) in [6.07, 6.45) is 0. The van der Waals surface area contributed by atoms with Crippen molar-refractivity contribution in [2.24, 2.45) is 0 Å². The first-order valence-corrected chi connectivity index (χ1v) is 7.58. The van der Waals surface area contributed by atoms with Gasteiger partial charge in [-0.3, -0.25) is 4.79 Å². The van der Waals surface area contributed by atoms with Crippen LogP contribution >= 0.6 is 11.8 Å². The molecule has 0 saturated heterocycles. The first kappa shape index (κ1) is 15.5. The van der Waals surface area contributed by atoms with Crippen molar-refractivity contribution in [3.05, 3.63) is 65.2 Å². The molecule has 21 heavy (non-hydrogen) atoms. The standard InChI is InChI=1S/C16H15F2NOS/c1-11-2-4-12(5-3-11)9-21-10-16(20)19-13-6-7-14(17)15(18)8-13/h2-8H,9-10H2,1H3,(H,19,20). The summed E-state index contributed by atoms with van der Waals surface area (Å²) < 4.78 is 25.8. The first-order chi connectivity index (χ1) is 10.0. The summed E-state index contributed by atoms with van der Waals surface area (Å²) in [6.45, 7) is 2.02. The van der Waals surface area contributed by atoms with E-state index in [1.165, 1.54) is 23.4 Å². The van der Waals surface area contributed by atoms with Crippen molar-refractivity contribution in [3.63, 3.8) is 0 Å². The molecule has 0 aliphatic rings. The SMILES string of the molecule is Cc1ccc(CSCC(=O)Nc2ccc(F)c(F)c2)cc1. The lowest BCUT2D eigenvalue weighted by Gasteiger charge is -2.06. The maximum Gasteiger partial charge on any atom is 0.234 e. The Labute approximate surface area is 126 Å². The van der Waals surface area contributed by atoms with Gasteiger partial charge in [0.2, 0.25) is 5.91 Å². The number of halogens is 2. The van der Waals surface area contributed by atoms with Crippen LogP contribution in [-0.2, 0) is 10.5 Å². The van der Waals surface area contributed by atoms with E-state index in [-0.39, 0.29) is 17.3 Å². The van der Waals surface area contributed by atoms with Crippen LogP contribution in [0.5, 0.6) is 0 Å². The number of hydrogen-bond acceptors (Lipinski definition) is 2. The minimum atomic E-state index is -0.972. The second kappa shape index (κ2) is 7.22. The third kappa shape index (κ3) is 4.86. The van der Waals surface area contributed by atoms with E-state index in [0.29, 0.717) is 0 Å². The van der Waals surface area contributed by atoms with Crippen molar-refractivity contribution in [1.82, 2.24) is 0 Å². The predicted molar refractivity (Wildman–Crippen MR) is 82.3 cm³/mol. The summed E-state index contributed by atoms with van der Waals surface area (Å²) in [5, 5.41) is 2.54.